The second-order valence-electron chi connectivity index (χ2n) is 3.96. The van der Waals surface area contributed by atoms with E-state index in [-0.39, 0.29) is 0 Å². The van der Waals surface area contributed by atoms with Crippen LogP contribution in [0.15, 0.2) is 48.9 Å². The predicted octanol–water partition coefficient (Wildman–Crippen LogP) is 3.43. The molecule has 0 atom stereocenters. The highest BCUT2D eigenvalue weighted by molar-refractivity contribution is 6.17. The smallest absolute Gasteiger partial charge is 0.159 e. The van der Waals surface area contributed by atoms with Crippen molar-refractivity contribution in [1.82, 2.24) is 15.0 Å². The van der Waals surface area contributed by atoms with Gasteiger partial charge in [-0.05, 0) is 24.3 Å². The molecule has 3 aromatic rings. The topological polar surface area (TPSA) is 38.7 Å². The number of fused-ring (bicyclic) bond motifs is 1. The molecule has 0 N–H and O–H groups in total. The minimum absolute atomic E-state index is 0.432. The van der Waals surface area contributed by atoms with Gasteiger partial charge in [-0.15, -0.1) is 11.6 Å². The molecule has 0 saturated carbocycles. The molecule has 88 valence electrons. The van der Waals surface area contributed by atoms with Gasteiger partial charge in [0, 0.05) is 35.1 Å². The number of nitrogens with zero attached hydrogens (tertiary/aromatic N) is 3. The van der Waals surface area contributed by atoms with Crippen molar-refractivity contribution < 1.29 is 0 Å². The second kappa shape index (κ2) is 4.70. The number of rotatable bonds is 2. The Hall–Kier alpha value is -2.00. The lowest BCUT2D eigenvalue weighted by Gasteiger charge is -2.02. The third-order valence-electron chi connectivity index (χ3n) is 2.72. The van der Waals surface area contributed by atoms with Gasteiger partial charge in [-0.3, -0.25) is 4.98 Å². The largest absolute Gasteiger partial charge is 0.256 e. The molecule has 0 unspecified atom stereocenters. The van der Waals surface area contributed by atoms with Gasteiger partial charge in [-0.2, -0.15) is 0 Å². The number of halogens is 1. The first-order valence-corrected chi connectivity index (χ1v) is 6.12. The minimum Gasteiger partial charge on any atom is -0.256 e. The van der Waals surface area contributed by atoms with Crippen LogP contribution in [-0.2, 0) is 5.88 Å². The fourth-order valence-electron chi connectivity index (χ4n) is 1.79. The highest BCUT2D eigenvalue weighted by Crippen LogP contribution is 2.20. The molecule has 3 nitrogen and oxygen atoms in total. The van der Waals surface area contributed by atoms with E-state index in [1.165, 1.54) is 0 Å². The first-order valence-electron chi connectivity index (χ1n) is 5.59. The highest BCUT2D eigenvalue weighted by atomic mass is 35.5. The number of pyridine rings is 1. The van der Waals surface area contributed by atoms with Gasteiger partial charge in [0.25, 0.3) is 0 Å². The third-order valence-corrected chi connectivity index (χ3v) is 3.03. The zero-order chi connectivity index (χ0) is 12.4. The normalized spacial score (nSPS) is 10.7. The van der Waals surface area contributed by atoms with E-state index in [2.05, 4.69) is 15.0 Å². The lowest BCUT2D eigenvalue weighted by Crippen LogP contribution is -1.91. The monoisotopic (exact) mass is 255 g/mol. The Bertz CT molecular complexity index is 680. The lowest BCUT2D eigenvalue weighted by molar-refractivity contribution is 1.13. The third kappa shape index (κ3) is 2.05. The van der Waals surface area contributed by atoms with E-state index in [4.69, 9.17) is 11.6 Å². The maximum atomic E-state index is 5.72. The van der Waals surface area contributed by atoms with Crippen LogP contribution in [0.2, 0.25) is 0 Å². The summed E-state index contributed by atoms with van der Waals surface area (Å²) in [5.74, 6) is 1.14. The van der Waals surface area contributed by atoms with Crippen molar-refractivity contribution in [2.45, 2.75) is 5.88 Å². The SMILES string of the molecule is ClCc1cnc(-c2ccc3ncccc3c2)nc1. The van der Waals surface area contributed by atoms with Crippen molar-refractivity contribution in [3.63, 3.8) is 0 Å². The zero-order valence-electron chi connectivity index (χ0n) is 9.55. The number of alkyl halides is 1. The molecule has 0 fully saturated rings. The van der Waals surface area contributed by atoms with Gasteiger partial charge >= 0.3 is 0 Å². The second-order valence-corrected chi connectivity index (χ2v) is 4.23. The summed E-state index contributed by atoms with van der Waals surface area (Å²) in [5, 5.41) is 1.08. The van der Waals surface area contributed by atoms with Crippen molar-refractivity contribution in [3.8, 4) is 11.4 Å². The fraction of sp³-hybridized carbons (Fsp3) is 0.0714. The van der Waals surface area contributed by atoms with Gasteiger partial charge in [0.2, 0.25) is 0 Å². The molecule has 0 bridgehead atoms. The Morgan fingerprint density at radius 1 is 1.00 bits per heavy atom. The Balaban J connectivity index is 2.07. The summed E-state index contributed by atoms with van der Waals surface area (Å²) >= 11 is 5.72. The molecule has 0 spiro atoms. The van der Waals surface area contributed by atoms with E-state index >= 15 is 0 Å². The summed E-state index contributed by atoms with van der Waals surface area (Å²) in [6, 6.07) is 9.94. The molecule has 0 radical (unpaired) electrons. The van der Waals surface area contributed by atoms with E-state index in [1.54, 1.807) is 18.6 Å². The Kier molecular flexibility index (Phi) is 2.90. The van der Waals surface area contributed by atoms with Crippen LogP contribution in [0.5, 0.6) is 0 Å². The summed E-state index contributed by atoms with van der Waals surface area (Å²) in [7, 11) is 0. The number of hydrogen-bond donors (Lipinski definition) is 0. The quantitative estimate of drug-likeness (QED) is 0.659. The average molecular weight is 256 g/mol. The lowest BCUT2D eigenvalue weighted by atomic mass is 10.1. The fourth-order valence-corrected chi connectivity index (χ4v) is 1.93. The predicted molar refractivity (Wildman–Crippen MR) is 72.3 cm³/mol. The Morgan fingerprint density at radius 2 is 1.83 bits per heavy atom. The molecular formula is C14H10ClN3. The van der Waals surface area contributed by atoms with Gasteiger partial charge < -0.3 is 0 Å². The van der Waals surface area contributed by atoms with Gasteiger partial charge in [-0.1, -0.05) is 6.07 Å². The maximum absolute atomic E-state index is 5.72. The van der Waals surface area contributed by atoms with Crippen LogP contribution in [0, 0.1) is 0 Å². The molecule has 2 heterocycles. The summed E-state index contributed by atoms with van der Waals surface area (Å²) in [4.78, 5) is 12.9. The summed E-state index contributed by atoms with van der Waals surface area (Å²) in [6.07, 6.45) is 5.29. The molecular weight excluding hydrogens is 246 g/mol. The van der Waals surface area contributed by atoms with Crippen LogP contribution in [-0.4, -0.2) is 15.0 Å². The van der Waals surface area contributed by atoms with Crippen molar-refractivity contribution in [2.24, 2.45) is 0 Å². The molecule has 1 aromatic carbocycles. The van der Waals surface area contributed by atoms with Crippen LogP contribution in [0.4, 0.5) is 0 Å². The van der Waals surface area contributed by atoms with E-state index in [9.17, 15) is 0 Å². The van der Waals surface area contributed by atoms with Gasteiger partial charge in [0.15, 0.2) is 5.82 Å². The number of benzene rings is 1. The molecule has 0 saturated heterocycles. The molecule has 0 aliphatic heterocycles. The molecule has 2 aromatic heterocycles. The van der Waals surface area contributed by atoms with Crippen LogP contribution in [0.1, 0.15) is 5.56 Å². The molecule has 4 heteroatoms. The first kappa shape index (κ1) is 11.1. The standard InChI is InChI=1S/C14H10ClN3/c15-7-10-8-17-14(18-9-10)12-3-4-13-11(6-12)2-1-5-16-13/h1-6,8-9H,7H2. The molecule has 0 aliphatic carbocycles. The minimum atomic E-state index is 0.432. The van der Waals surface area contributed by atoms with E-state index in [0.717, 1.165) is 22.0 Å². The Labute approximate surface area is 109 Å². The first-order chi connectivity index (χ1) is 8.86. The molecule has 0 aliphatic rings. The maximum Gasteiger partial charge on any atom is 0.159 e. The summed E-state index contributed by atoms with van der Waals surface area (Å²) < 4.78 is 0. The van der Waals surface area contributed by atoms with Crippen molar-refractivity contribution in [1.29, 1.82) is 0 Å². The van der Waals surface area contributed by atoms with Crippen LogP contribution >= 0.6 is 11.6 Å². The number of hydrogen-bond acceptors (Lipinski definition) is 3. The van der Waals surface area contributed by atoms with E-state index < -0.39 is 0 Å². The van der Waals surface area contributed by atoms with Crippen molar-refractivity contribution in [2.75, 3.05) is 0 Å². The van der Waals surface area contributed by atoms with Crippen LogP contribution in [0.3, 0.4) is 0 Å². The molecule has 3 rings (SSSR count). The molecule has 18 heavy (non-hydrogen) atoms. The van der Waals surface area contributed by atoms with Crippen molar-refractivity contribution >= 4 is 22.5 Å². The van der Waals surface area contributed by atoms with Gasteiger partial charge in [-0.25, -0.2) is 9.97 Å². The van der Waals surface area contributed by atoms with E-state index in [1.807, 2.05) is 30.3 Å². The number of aromatic nitrogens is 3. The van der Waals surface area contributed by atoms with E-state index in [0.29, 0.717) is 11.7 Å². The van der Waals surface area contributed by atoms with Crippen LogP contribution < -0.4 is 0 Å². The van der Waals surface area contributed by atoms with Gasteiger partial charge in [0.1, 0.15) is 0 Å². The summed E-state index contributed by atoms with van der Waals surface area (Å²) in [5.41, 5.74) is 2.87. The highest BCUT2D eigenvalue weighted by Gasteiger charge is 2.03. The Morgan fingerprint density at radius 3 is 2.61 bits per heavy atom. The zero-order valence-corrected chi connectivity index (χ0v) is 10.3. The molecule has 0 amide bonds. The van der Waals surface area contributed by atoms with Gasteiger partial charge in [0.05, 0.1) is 11.4 Å². The summed E-state index contributed by atoms with van der Waals surface area (Å²) in [6.45, 7) is 0. The average Bonchev–Trinajstić information content (AvgIpc) is 2.47. The van der Waals surface area contributed by atoms with Crippen LogP contribution in [0.25, 0.3) is 22.3 Å². The van der Waals surface area contributed by atoms with Crippen molar-refractivity contribution in [3.05, 3.63) is 54.5 Å².